The van der Waals surface area contributed by atoms with Crippen LogP contribution in [0.15, 0.2) is 18.2 Å². The fourth-order valence-electron chi connectivity index (χ4n) is 2.47. The quantitative estimate of drug-likeness (QED) is 0.849. The Kier molecular flexibility index (Phi) is 3.81. The summed E-state index contributed by atoms with van der Waals surface area (Å²) in [6.45, 7) is 1.02. The van der Waals surface area contributed by atoms with Gasteiger partial charge < -0.3 is 15.8 Å². The first-order chi connectivity index (χ1) is 8.65. The van der Waals surface area contributed by atoms with Crippen LogP contribution in [0.25, 0.3) is 0 Å². The lowest BCUT2D eigenvalue weighted by molar-refractivity contribution is 0.0997. The number of primary amides is 1. The van der Waals surface area contributed by atoms with Crippen LogP contribution < -0.4 is 15.8 Å². The summed E-state index contributed by atoms with van der Waals surface area (Å²) in [6.07, 6.45) is -0.407. The lowest BCUT2D eigenvalue weighted by atomic mass is 9.85. The normalized spacial score (nSPS) is 23.7. The van der Waals surface area contributed by atoms with Gasteiger partial charge >= 0.3 is 0 Å². The van der Waals surface area contributed by atoms with E-state index < -0.39 is 12.1 Å². The number of benzene rings is 1. The van der Waals surface area contributed by atoms with Crippen LogP contribution in [0.5, 0.6) is 5.75 Å². The second-order valence-corrected chi connectivity index (χ2v) is 4.40. The average molecular weight is 252 g/mol. The maximum atomic E-state index is 14.0. The highest BCUT2D eigenvalue weighted by atomic mass is 19.1. The van der Waals surface area contributed by atoms with E-state index in [-0.39, 0.29) is 5.92 Å². The Morgan fingerprint density at radius 3 is 2.94 bits per heavy atom. The number of alkyl halides is 1. The number of nitrogens with one attached hydrogen (secondary N) is 1. The molecule has 4 nitrogen and oxygen atoms in total. The minimum Gasteiger partial charge on any atom is -0.496 e. The summed E-state index contributed by atoms with van der Waals surface area (Å²) >= 11 is 0. The molecule has 1 aliphatic heterocycles. The molecule has 1 aliphatic rings. The predicted octanol–water partition coefficient (Wildman–Crippen LogP) is 1.21. The zero-order valence-corrected chi connectivity index (χ0v) is 10.3. The van der Waals surface area contributed by atoms with Crippen LogP contribution in [0.2, 0.25) is 0 Å². The molecule has 1 heterocycles. The van der Waals surface area contributed by atoms with Gasteiger partial charge in [0, 0.05) is 23.6 Å². The van der Waals surface area contributed by atoms with E-state index in [0.29, 0.717) is 29.8 Å². The number of hydrogen-bond acceptors (Lipinski definition) is 3. The molecule has 1 aromatic carbocycles. The van der Waals surface area contributed by atoms with Crippen molar-refractivity contribution in [2.45, 2.75) is 18.5 Å². The van der Waals surface area contributed by atoms with Crippen LogP contribution in [0.1, 0.15) is 28.3 Å². The number of carbonyl (C=O) groups excluding carboxylic acids is 1. The Hall–Kier alpha value is -1.62. The van der Waals surface area contributed by atoms with E-state index in [9.17, 15) is 9.18 Å². The SMILES string of the molecule is COc1cccc(C(N)=O)c1C1CCNCC1F. The zero-order valence-electron chi connectivity index (χ0n) is 10.3. The van der Waals surface area contributed by atoms with Crippen molar-refractivity contribution in [2.24, 2.45) is 5.73 Å². The van der Waals surface area contributed by atoms with Gasteiger partial charge in [-0.3, -0.25) is 4.79 Å². The highest BCUT2D eigenvalue weighted by molar-refractivity contribution is 5.95. The van der Waals surface area contributed by atoms with E-state index in [0.717, 1.165) is 6.54 Å². The summed E-state index contributed by atoms with van der Waals surface area (Å²) in [5.41, 5.74) is 6.31. The number of halogens is 1. The van der Waals surface area contributed by atoms with Crippen molar-refractivity contribution in [3.63, 3.8) is 0 Å². The van der Waals surface area contributed by atoms with Crippen LogP contribution in [-0.2, 0) is 0 Å². The molecule has 0 bridgehead atoms. The number of carbonyl (C=O) groups is 1. The summed E-state index contributed by atoms with van der Waals surface area (Å²) < 4.78 is 19.3. The zero-order chi connectivity index (χ0) is 13.1. The first-order valence-corrected chi connectivity index (χ1v) is 5.96. The van der Waals surface area contributed by atoms with Crippen molar-refractivity contribution in [1.29, 1.82) is 0 Å². The molecule has 2 atom stereocenters. The van der Waals surface area contributed by atoms with Crippen LogP contribution in [0.4, 0.5) is 4.39 Å². The van der Waals surface area contributed by atoms with Gasteiger partial charge in [0.05, 0.1) is 7.11 Å². The molecular formula is C13H17FN2O2. The molecule has 18 heavy (non-hydrogen) atoms. The largest absolute Gasteiger partial charge is 0.496 e. The lowest BCUT2D eigenvalue weighted by Crippen LogP contribution is -2.37. The first kappa shape index (κ1) is 12.8. The molecule has 0 aromatic heterocycles. The van der Waals surface area contributed by atoms with Crippen molar-refractivity contribution in [1.82, 2.24) is 5.32 Å². The molecule has 0 radical (unpaired) electrons. The van der Waals surface area contributed by atoms with Gasteiger partial charge in [-0.2, -0.15) is 0 Å². The highest BCUT2D eigenvalue weighted by Crippen LogP contribution is 2.36. The molecule has 0 saturated carbocycles. The third-order valence-corrected chi connectivity index (χ3v) is 3.33. The molecule has 98 valence electrons. The van der Waals surface area contributed by atoms with Crippen LogP contribution in [0.3, 0.4) is 0 Å². The average Bonchev–Trinajstić information content (AvgIpc) is 2.38. The highest BCUT2D eigenvalue weighted by Gasteiger charge is 2.31. The molecule has 2 unspecified atom stereocenters. The van der Waals surface area contributed by atoms with Crippen molar-refractivity contribution in [3.8, 4) is 5.75 Å². The molecular weight excluding hydrogens is 235 g/mol. The fraction of sp³-hybridized carbons (Fsp3) is 0.462. The lowest BCUT2D eigenvalue weighted by Gasteiger charge is -2.29. The molecule has 0 aliphatic carbocycles. The Morgan fingerprint density at radius 1 is 1.56 bits per heavy atom. The van der Waals surface area contributed by atoms with Gasteiger partial charge in [0.15, 0.2) is 0 Å². The van der Waals surface area contributed by atoms with Gasteiger partial charge in [0.1, 0.15) is 11.9 Å². The molecule has 0 spiro atoms. The van der Waals surface area contributed by atoms with E-state index >= 15 is 0 Å². The van der Waals surface area contributed by atoms with Gasteiger partial charge in [-0.1, -0.05) is 6.07 Å². The van der Waals surface area contributed by atoms with E-state index in [4.69, 9.17) is 10.5 Å². The number of hydrogen-bond donors (Lipinski definition) is 2. The topological polar surface area (TPSA) is 64.3 Å². The fourth-order valence-corrected chi connectivity index (χ4v) is 2.47. The maximum Gasteiger partial charge on any atom is 0.249 e. The number of piperidine rings is 1. The minimum absolute atomic E-state index is 0.293. The van der Waals surface area contributed by atoms with E-state index in [1.807, 2.05) is 0 Å². The van der Waals surface area contributed by atoms with Crippen LogP contribution in [0, 0.1) is 0 Å². The Balaban J connectivity index is 2.48. The predicted molar refractivity (Wildman–Crippen MR) is 66.6 cm³/mol. The summed E-state index contributed by atoms with van der Waals surface area (Å²) in [5, 5.41) is 2.99. The maximum absolute atomic E-state index is 14.0. The van der Waals surface area contributed by atoms with Crippen LogP contribution in [-0.4, -0.2) is 32.3 Å². The third kappa shape index (κ3) is 2.31. The van der Waals surface area contributed by atoms with Gasteiger partial charge in [0.2, 0.25) is 5.91 Å². The van der Waals surface area contributed by atoms with Gasteiger partial charge in [-0.15, -0.1) is 0 Å². The number of methoxy groups -OCH3 is 1. The summed E-state index contributed by atoms with van der Waals surface area (Å²) in [5.74, 6) is -0.361. The monoisotopic (exact) mass is 252 g/mol. The Labute approximate surface area is 105 Å². The van der Waals surface area contributed by atoms with Gasteiger partial charge in [0.25, 0.3) is 0 Å². The van der Waals surface area contributed by atoms with E-state index in [1.54, 1.807) is 18.2 Å². The summed E-state index contributed by atoms with van der Waals surface area (Å²) in [7, 11) is 1.51. The van der Waals surface area contributed by atoms with Crippen molar-refractivity contribution in [2.75, 3.05) is 20.2 Å². The number of rotatable bonds is 3. The molecule has 5 heteroatoms. The standard InChI is InChI=1S/C13H17FN2O2/c1-18-11-4-2-3-9(13(15)17)12(11)8-5-6-16-7-10(8)14/h2-4,8,10,16H,5-7H2,1H3,(H2,15,17). The van der Waals surface area contributed by atoms with Gasteiger partial charge in [-0.05, 0) is 25.1 Å². The minimum atomic E-state index is -1.03. The first-order valence-electron chi connectivity index (χ1n) is 5.96. The summed E-state index contributed by atoms with van der Waals surface area (Å²) in [4.78, 5) is 11.5. The van der Waals surface area contributed by atoms with Crippen LogP contribution >= 0.6 is 0 Å². The van der Waals surface area contributed by atoms with Gasteiger partial charge in [-0.25, -0.2) is 4.39 Å². The molecule has 2 rings (SSSR count). The summed E-state index contributed by atoms with van der Waals surface area (Å²) in [6, 6.07) is 5.04. The van der Waals surface area contributed by atoms with Crippen molar-refractivity contribution >= 4 is 5.91 Å². The van der Waals surface area contributed by atoms with Crippen molar-refractivity contribution in [3.05, 3.63) is 29.3 Å². The molecule has 1 saturated heterocycles. The number of nitrogens with two attached hydrogens (primary N) is 1. The second kappa shape index (κ2) is 5.35. The molecule has 3 N–H and O–H groups in total. The molecule has 1 fully saturated rings. The smallest absolute Gasteiger partial charge is 0.249 e. The Morgan fingerprint density at radius 2 is 2.33 bits per heavy atom. The van der Waals surface area contributed by atoms with E-state index in [1.165, 1.54) is 7.11 Å². The Bertz CT molecular complexity index is 451. The van der Waals surface area contributed by atoms with Crippen molar-refractivity contribution < 1.29 is 13.9 Å². The third-order valence-electron chi connectivity index (χ3n) is 3.33. The van der Waals surface area contributed by atoms with E-state index in [2.05, 4.69) is 5.32 Å². The molecule has 1 aromatic rings. The number of ether oxygens (including phenoxy) is 1. The molecule has 1 amide bonds. The second-order valence-electron chi connectivity index (χ2n) is 4.40. The number of amides is 1.